The number of anilines is 1. The third-order valence-electron chi connectivity index (χ3n) is 5.99. The maximum absolute atomic E-state index is 13.8. The van der Waals surface area contributed by atoms with E-state index in [1.165, 1.54) is 17.0 Å². The van der Waals surface area contributed by atoms with E-state index in [1.807, 2.05) is 6.92 Å². The van der Waals surface area contributed by atoms with Crippen molar-refractivity contribution in [2.24, 2.45) is 0 Å². The molecule has 0 radical (unpaired) electrons. The van der Waals surface area contributed by atoms with E-state index in [0.717, 1.165) is 22.7 Å². The molecule has 0 aromatic heterocycles. The van der Waals surface area contributed by atoms with Crippen LogP contribution in [0.3, 0.4) is 0 Å². The number of carbonyl (C=O) groups excluding carboxylic acids is 2. The van der Waals surface area contributed by atoms with Crippen molar-refractivity contribution in [2.75, 3.05) is 17.4 Å². The fourth-order valence-electron chi connectivity index (χ4n) is 3.76. The Kier molecular flexibility index (Phi) is 10.6. The molecule has 0 saturated carbocycles. The first-order valence-corrected chi connectivity index (χ1v) is 14.5. The summed E-state index contributed by atoms with van der Waals surface area (Å²) >= 11 is 12.1. The minimum Gasteiger partial charge on any atom is -0.354 e. The number of halogens is 2. The topological polar surface area (TPSA) is 86.8 Å². The van der Waals surface area contributed by atoms with Crippen LogP contribution in [0.2, 0.25) is 10.0 Å². The largest absolute Gasteiger partial charge is 0.354 e. The predicted molar refractivity (Wildman–Crippen MR) is 152 cm³/mol. The molecule has 7 nitrogen and oxygen atoms in total. The van der Waals surface area contributed by atoms with Gasteiger partial charge in [0.1, 0.15) is 12.6 Å². The summed E-state index contributed by atoms with van der Waals surface area (Å²) in [5, 5.41) is 3.83. The van der Waals surface area contributed by atoms with E-state index in [9.17, 15) is 18.0 Å². The van der Waals surface area contributed by atoms with Gasteiger partial charge in [0.2, 0.25) is 11.8 Å². The van der Waals surface area contributed by atoms with Gasteiger partial charge in [-0.3, -0.25) is 13.9 Å². The van der Waals surface area contributed by atoms with Crippen LogP contribution in [0.4, 0.5) is 5.69 Å². The molecule has 0 aliphatic rings. The van der Waals surface area contributed by atoms with Crippen LogP contribution >= 0.6 is 23.2 Å². The molecule has 0 spiro atoms. The Balaban J connectivity index is 1.97. The van der Waals surface area contributed by atoms with Gasteiger partial charge in [-0.2, -0.15) is 0 Å². The second-order valence-corrected chi connectivity index (χ2v) is 11.5. The molecule has 10 heteroatoms. The van der Waals surface area contributed by atoms with Gasteiger partial charge < -0.3 is 10.2 Å². The molecule has 0 fully saturated rings. The quantitative estimate of drug-likeness (QED) is 0.288. The molecule has 3 aromatic carbocycles. The number of sulfonamides is 1. The van der Waals surface area contributed by atoms with E-state index >= 15 is 0 Å². The van der Waals surface area contributed by atoms with Crippen molar-refractivity contribution in [3.8, 4) is 0 Å². The van der Waals surface area contributed by atoms with Gasteiger partial charge in [0.05, 0.1) is 10.6 Å². The molecule has 0 aliphatic heterocycles. The summed E-state index contributed by atoms with van der Waals surface area (Å²) in [5.74, 6) is -0.850. The zero-order valence-corrected chi connectivity index (χ0v) is 23.6. The number of carbonyl (C=O) groups is 2. The Morgan fingerprint density at radius 2 is 1.47 bits per heavy atom. The molecule has 3 aromatic rings. The monoisotopic (exact) mass is 575 g/mol. The summed E-state index contributed by atoms with van der Waals surface area (Å²) in [5.41, 5.74) is 1.03. The second kappa shape index (κ2) is 13.6. The highest BCUT2D eigenvalue weighted by Crippen LogP contribution is 2.26. The number of hydrogen-bond donors (Lipinski definition) is 1. The van der Waals surface area contributed by atoms with Gasteiger partial charge in [0, 0.05) is 23.1 Å². The van der Waals surface area contributed by atoms with E-state index in [0.29, 0.717) is 16.6 Å². The molecule has 0 heterocycles. The maximum Gasteiger partial charge on any atom is 0.264 e. The summed E-state index contributed by atoms with van der Waals surface area (Å²) in [7, 11) is -4.11. The lowest BCUT2D eigenvalue weighted by atomic mass is 10.1. The smallest absolute Gasteiger partial charge is 0.264 e. The minimum atomic E-state index is -4.11. The second-order valence-electron chi connectivity index (χ2n) is 8.77. The van der Waals surface area contributed by atoms with Gasteiger partial charge in [0.25, 0.3) is 10.0 Å². The van der Waals surface area contributed by atoms with Crippen LogP contribution in [-0.2, 0) is 26.2 Å². The van der Waals surface area contributed by atoms with E-state index in [4.69, 9.17) is 23.2 Å². The van der Waals surface area contributed by atoms with Gasteiger partial charge >= 0.3 is 0 Å². The predicted octanol–water partition coefficient (Wildman–Crippen LogP) is 5.52. The number of amides is 2. The van der Waals surface area contributed by atoms with Crippen molar-refractivity contribution in [3.05, 3.63) is 94.5 Å². The zero-order chi connectivity index (χ0) is 27.7. The Morgan fingerprint density at radius 3 is 2.05 bits per heavy atom. The molecule has 1 unspecified atom stereocenters. The number of hydrogen-bond acceptors (Lipinski definition) is 4. The molecule has 38 heavy (non-hydrogen) atoms. The fourth-order valence-corrected chi connectivity index (χ4v) is 5.45. The molecule has 1 N–H and O–H groups in total. The molecule has 0 bridgehead atoms. The van der Waals surface area contributed by atoms with Gasteiger partial charge in [-0.05, 0) is 67.4 Å². The van der Waals surface area contributed by atoms with Crippen molar-refractivity contribution >= 4 is 50.7 Å². The summed E-state index contributed by atoms with van der Waals surface area (Å²) in [4.78, 5) is 28.2. The molecule has 1 atom stereocenters. The Labute approximate surface area is 234 Å². The summed E-state index contributed by atoms with van der Waals surface area (Å²) in [6, 6.07) is 20.2. The van der Waals surface area contributed by atoms with E-state index in [2.05, 4.69) is 5.32 Å². The van der Waals surface area contributed by atoms with Crippen molar-refractivity contribution in [1.29, 1.82) is 0 Å². The lowest BCUT2D eigenvalue weighted by Crippen LogP contribution is -2.51. The van der Waals surface area contributed by atoms with Gasteiger partial charge in [0.15, 0.2) is 0 Å². The molecule has 2 amide bonds. The summed E-state index contributed by atoms with van der Waals surface area (Å²) in [6.45, 7) is 3.72. The number of unbranched alkanes of at least 4 members (excludes halogenated alkanes) is 1. The Morgan fingerprint density at radius 1 is 0.895 bits per heavy atom. The van der Waals surface area contributed by atoms with Crippen molar-refractivity contribution < 1.29 is 18.0 Å². The van der Waals surface area contributed by atoms with E-state index < -0.39 is 28.5 Å². The maximum atomic E-state index is 13.8. The van der Waals surface area contributed by atoms with Crippen LogP contribution in [0, 0.1) is 0 Å². The van der Waals surface area contributed by atoms with E-state index in [1.54, 1.807) is 73.7 Å². The first-order chi connectivity index (χ1) is 18.1. The average molecular weight is 577 g/mol. The van der Waals surface area contributed by atoms with Crippen LogP contribution in [0.25, 0.3) is 0 Å². The third kappa shape index (κ3) is 7.72. The lowest BCUT2D eigenvalue weighted by molar-refractivity contribution is -0.139. The fraction of sp³-hybridized carbons (Fsp3) is 0.286. The van der Waals surface area contributed by atoms with Gasteiger partial charge in [-0.1, -0.05) is 66.9 Å². The number of benzene rings is 3. The van der Waals surface area contributed by atoms with Gasteiger partial charge in [-0.25, -0.2) is 8.42 Å². The highest BCUT2D eigenvalue weighted by molar-refractivity contribution is 7.92. The van der Waals surface area contributed by atoms with Crippen LogP contribution in [-0.4, -0.2) is 44.3 Å². The van der Waals surface area contributed by atoms with Crippen molar-refractivity contribution in [1.82, 2.24) is 10.2 Å². The van der Waals surface area contributed by atoms with Crippen LogP contribution in [0.15, 0.2) is 83.8 Å². The molecule has 0 saturated heterocycles. The Bertz CT molecular complexity index is 1320. The van der Waals surface area contributed by atoms with Crippen molar-refractivity contribution in [2.45, 2.75) is 44.2 Å². The number of rotatable bonds is 12. The first-order valence-electron chi connectivity index (χ1n) is 12.3. The molecular weight excluding hydrogens is 545 g/mol. The average Bonchev–Trinajstić information content (AvgIpc) is 2.92. The molecule has 202 valence electrons. The standard InChI is InChI=1S/C28H31Cl2N3O4S/c1-3-4-18-31-28(35)21(2)32(19-22-10-12-23(29)13-11-22)27(34)20-33(25-16-14-24(30)15-17-25)38(36,37)26-8-6-5-7-9-26/h5-17,21H,3-4,18-20H2,1-2H3,(H,31,35). The van der Waals surface area contributed by atoms with Crippen LogP contribution < -0.4 is 9.62 Å². The minimum absolute atomic E-state index is 0.0392. The lowest BCUT2D eigenvalue weighted by Gasteiger charge is -2.32. The van der Waals surface area contributed by atoms with Gasteiger partial charge in [-0.15, -0.1) is 0 Å². The normalized spacial score (nSPS) is 12.0. The van der Waals surface area contributed by atoms with E-state index in [-0.39, 0.29) is 23.0 Å². The van der Waals surface area contributed by atoms with Crippen LogP contribution in [0.1, 0.15) is 32.3 Å². The van der Waals surface area contributed by atoms with Crippen LogP contribution in [0.5, 0.6) is 0 Å². The molecule has 0 aliphatic carbocycles. The number of nitrogens with zero attached hydrogens (tertiary/aromatic N) is 2. The SMILES string of the molecule is CCCCNC(=O)C(C)N(Cc1ccc(Cl)cc1)C(=O)CN(c1ccc(Cl)cc1)S(=O)(=O)c1ccccc1. The van der Waals surface area contributed by atoms with Crippen molar-refractivity contribution in [3.63, 3.8) is 0 Å². The molecule has 3 rings (SSSR count). The summed E-state index contributed by atoms with van der Waals surface area (Å²) in [6.07, 6.45) is 1.72. The zero-order valence-electron chi connectivity index (χ0n) is 21.3. The Hall–Kier alpha value is -3.07. The first kappa shape index (κ1) is 29.5. The number of nitrogens with one attached hydrogen (secondary N) is 1. The highest BCUT2D eigenvalue weighted by Gasteiger charge is 2.32. The summed E-state index contributed by atoms with van der Waals surface area (Å²) < 4.78 is 28.4. The molecular formula is C28H31Cl2N3O4S. The third-order valence-corrected chi connectivity index (χ3v) is 8.28. The highest BCUT2D eigenvalue weighted by atomic mass is 35.5.